The summed E-state index contributed by atoms with van der Waals surface area (Å²) >= 11 is 0. The molecule has 3 N–H and O–H groups in total. The van der Waals surface area contributed by atoms with Crippen LogP contribution in [0.2, 0.25) is 0 Å². The highest BCUT2D eigenvalue weighted by Gasteiger charge is 2.16. The molecule has 1 atom stereocenters. The van der Waals surface area contributed by atoms with E-state index < -0.39 is 6.04 Å². The number of nitrogens with one attached hydrogen (secondary N) is 1. The molecule has 0 fully saturated rings. The fourth-order valence-corrected chi connectivity index (χ4v) is 2.53. The van der Waals surface area contributed by atoms with E-state index in [-0.39, 0.29) is 5.91 Å². The molecule has 112 valence electrons. The van der Waals surface area contributed by atoms with Gasteiger partial charge in [-0.3, -0.25) is 4.79 Å². The first-order valence-corrected chi connectivity index (χ1v) is 7.29. The lowest BCUT2D eigenvalue weighted by atomic mass is 10.1. The van der Waals surface area contributed by atoms with Crippen molar-refractivity contribution in [1.29, 1.82) is 0 Å². The molecule has 4 heteroatoms. The van der Waals surface area contributed by atoms with Crippen LogP contribution in [0.1, 0.15) is 17.4 Å². The monoisotopic (exact) mass is 294 g/mol. The minimum absolute atomic E-state index is 0.379. The molecule has 0 spiro atoms. The summed E-state index contributed by atoms with van der Waals surface area (Å²) in [5, 5.41) is 4.28. The topological polar surface area (TPSA) is 68.3 Å². The minimum Gasteiger partial charge on any atom is -0.461 e. The third kappa shape index (κ3) is 3.18. The first kappa shape index (κ1) is 14.4. The molecule has 1 amide bonds. The Hall–Kier alpha value is -2.59. The zero-order valence-corrected chi connectivity index (χ0v) is 12.2. The van der Waals surface area contributed by atoms with Gasteiger partial charge in [-0.1, -0.05) is 48.5 Å². The first-order chi connectivity index (χ1) is 10.7. The Kier molecular flexibility index (Phi) is 4.21. The molecule has 0 radical (unpaired) electrons. The van der Waals surface area contributed by atoms with Crippen LogP contribution < -0.4 is 11.1 Å². The van der Waals surface area contributed by atoms with Gasteiger partial charge in [0.25, 0.3) is 0 Å². The van der Waals surface area contributed by atoms with Gasteiger partial charge < -0.3 is 15.5 Å². The van der Waals surface area contributed by atoms with Crippen LogP contribution in [0.15, 0.2) is 65.1 Å². The maximum Gasteiger partial charge on any atom is 0.239 e. The van der Waals surface area contributed by atoms with Crippen LogP contribution in [-0.2, 0) is 11.2 Å². The summed E-state index contributed by atoms with van der Waals surface area (Å²) < 4.78 is 5.76. The smallest absolute Gasteiger partial charge is 0.239 e. The van der Waals surface area contributed by atoms with Crippen LogP contribution in [0.4, 0.5) is 0 Å². The summed E-state index contributed by atoms with van der Waals surface area (Å²) in [5.41, 5.74) is 7.24. The molecule has 0 aliphatic rings. The minimum atomic E-state index is -0.481. The standard InChI is InChI=1S/C18H18N2O2/c19-18(21)17(13-6-2-1-3-7-13)20-11-10-15-12-14-8-4-5-9-16(14)22-15/h1-9,12,17,20H,10-11H2,(H2,19,21). The molecular formula is C18H18N2O2. The maximum atomic E-state index is 11.6. The van der Waals surface area contributed by atoms with Crippen molar-refractivity contribution in [3.63, 3.8) is 0 Å². The predicted molar refractivity (Wildman–Crippen MR) is 86.3 cm³/mol. The van der Waals surface area contributed by atoms with Gasteiger partial charge in [-0.25, -0.2) is 0 Å². The Morgan fingerprint density at radius 2 is 1.82 bits per heavy atom. The van der Waals surface area contributed by atoms with Crippen molar-refractivity contribution < 1.29 is 9.21 Å². The van der Waals surface area contributed by atoms with E-state index in [9.17, 15) is 4.79 Å². The van der Waals surface area contributed by atoms with Crippen LogP contribution in [0.3, 0.4) is 0 Å². The van der Waals surface area contributed by atoms with Crippen molar-refractivity contribution in [2.24, 2.45) is 5.73 Å². The normalized spacial score (nSPS) is 12.4. The molecular weight excluding hydrogens is 276 g/mol. The van der Waals surface area contributed by atoms with Gasteiger partial charge in [-0.05, 0) is 17.7 Å². The fourth-order valence-electron chi connectivity index (χ4n) is 2.53. The Bertz CT molecular complexity index is 732. The third-order valence-corrected chi connectivity index (χ3v) is 3.61. The molecule has 0 aliphatic carbocycles. The van der Waals surface area contributed by atoms with Gasteiger partial charge in [-0.2, -0.15) is 0 Å². The van der Waals surface area contributed by atoms with E-state index in [2.05, 4.69) is 5.32 Å². The number of primary amides is 1. The van der Waals surface area contributed by atoms with Gasteiger partial charge in [0.1, 0.15) is 17.4 Å². The van der Waals surface area contributed by atoms with Crippen molar-refractivity contribution in [2.45, 2.75) is 12.5 Å². The number of hydrogen-bond donors (Lipinski definition) is 2. The molecule has 0 bridgehead atoms. The number of furan rings is 1. The second kappa shape index (κ2) is 6.45. The number of benzene rings is 2. The molecule has 0 saturated carbocycles. The molecule has 0 saturated heterocycles. The van der Waals surface area contributed by atoms with Gasteiger partial charge >= 0.3 is 0 Å². The van der Waals surface area contributed by atoms with Crippen LogP contribution in [0, 0.1) is 0 Å². The Labute approximate surface area is 128 Å². The molecule has 0 aliphatic heterocycles. The number of amides is 1. The quantitative estimate of drug-likeness (QED) is 0.734. The molecule has 1 unspecified atom stereocenters. The third-order valence-electron chi connectivity index (χ3n) is 3.61. The van der Waals surface area contributed by atoms with Crippen molar-refractivity contribution in [3.8, 4) is 0 Å². The highest BCUT2D eigenvalue weighted by atomic mass is 16.3. The summed E-state index contributed by atoms with van der Waals surface area (Å²) in [6, 6.07) is 18.9. The molecule has 4 nitrogen and oxygen atoms in total. The van der Waals surface area contributed by atoms with E-state index in [0.29, 0.717) is 13.0 Å². The first-order valence-electron chi connectivity index (χ1n) is 7.29. The Balaban J connectivity index is 1.64. The lowest BCUT2D eigenvalue weighted by molar-refractivity contribution is -0.120. The van der Waals surface area contributed by atoms with E-state index >= 15 is 0 Å². The van der Waals surface area contributed by atoms with E-state index in [0.717, 1.165) is 22.3 Å². The highest BCUT2D eigenvalue weighted by molar-refractivity contribution is 5.81. The van der Waals surface area contributed by atoms with E-state index in [1.165, 1.54) is 0 Å². The van der Waals surface area contributed by atoms with Crippen LogP contribution in [-0.4, -0.2) is 12.5 Å². The van der Waals surface area contributed by atoms with Gasteiger partial charge in [0.05, 0.1) is 0 Å². The molecule has 1 aromatic heterocycles. The zero-order chi connectivity index (χ0) is 15.4. The van der Waals surface area contributed by atoms with E-state index in [4.69, 9.17) is 10.2 Å². The average Bonchev–Trinajstić information content (AvgIpc) is 2.94. The molecule has 3 rings (SSSR count). The van der Waals surface area contributed by atoms with Crippen molar-refractivity contribution in [3.05, 3.63) is 72.0 Å². The lowest BCUT2D eigenvalue weighted by Gasteiger charge is -2.15. The molecule has 3 aromatic rings. The summed E-state index contributed by atoms with van der Waals surface area (Å²) in [6.45, 7) is 0.613. The van der Waals surface area contributed by atoms with E-state index in [1.807, 2.05) is 60.7 Å². The Morgan fingerprint density at radius 3 is 2.55 bits per heavy atom. The van der Waals surface area contributed by atoms with Crippen molar-refractivity contribution in [2.75, 3.05) is 6.54 Å². The number of para-hydroxylation sites is 1. The average molecular weight is 294 g/mol. The zero-order valence-electron chi connectivity index (χ0n) is 12.2. The maximum absolute atomic E-state index is 11.6. The Morgan fingerprint density at radius 1 is 1.09 bits per heavy atom. The molecule has 1 heterocycles. The van der Waals surface area contributed by atoms with Crippen molar-refractivity contribution >= 4 is 16.9 Å². The summed E-state index contributed by atoms with van der Waals surface area (Å²) in [4.78, 5) is 11.6. The fraction of sp³-hybridized carbons (Fsp3) is 0.167. The molecule has 2 aromatic carbocycles. The summed E-state index contributed by atoms with van der Waals surface area (Å²) in [5.74, 6) is 0.515. The van der Waals surface area contributed by atoms with Gasteiger partial charge in [0.15, 0.2) is 0 Å². The number of fused-ring (bicyclic) bond motifs is 1. The van der Waals surface area contributed by atoms with Gasteiger partial charge in [0, 0.05) is 18.4 Å². The lowest BCUT2D eigenvalue weighted by Crippen LogP contribution is -2.34. The van der Waals surface area contributed by atoms with Gasteiger partial charge in [-0.15, -0.1) is 0 Å². The molecule has 22 heavy (non-hydrogen) atoms. The SMILES string of the molecule is NC(=O)C(NCCc1cc2ccccc2o1)c1ccccc1. The van der Waals surface area contributed by atoms with Crippen molar-refractivity contribution in [1.82, 2.24) is 5.32 Å². The van der Waals surface area contributed by atoms with Crippen LogP contribution in [0.5, 0.6) is 0 Å². The number of carbonyl (C=O) groups is 1. The second-order valence-corrected chi connectivity index (χ2v) is 5.20. The van der Waals surface area contributed by atoms with E-state index in [1.54, 1.807) is 0 Å². The second-order valence-electron chi connectivity index (χ2n) is 5.20. The number of rotatable bonds is 6. The van der Waals surface area contributed by atoms with Gasteiger partial charge in [0.2, 0.25) is 5.91 Å². The van der Waals surface area contributed by atoms with Crippen LogP contribution in [0.25, 0.3) is 11.0 Å². The highest BCUT2D eigenvalue weighted by Crippen LogP contribution is 2.19. The largest absolute Gasteiger partial charge is 0.461 e. The van der Waals surface area contributed by atoms with Crippen LogP contribution >= 0.6 is 0 Å². The number of carbonyl (C=O) groups excluding carboxylic acids is 1. The summed E-state index contributed by atoms with van der Waals surface area (Å²) in [7, 11) is 0. The number of hydrogen-bond acceptors (Lipinski definition) is 3. The predicted octanol–water partition coefficient (Wildman–Crippen LogP) is 2.79. The summed E-state index contributed by atoms with van der Waals surface area (Å²) in [6.07, 6.45) is 0.700. The number of nitrogens with two attached hydrogens (primary N) is 1.